The first kappa shape index (κ1) is 26.2. The number of hydrogen-bond donors (Lipinski definition) is 2. The number of nitrogens with one attached hydrogen (secondary N) is 2. The van der Waals surface area contributed by atoms with E-state index in [2.05, 4.69) is 10.6 Å². The lowest BCUT2D eigenvalue weighted by Gasteiger charge is -2.36. The average Bonchev–Trinajstić information content (AvgIpc) is 2.90. The first-order valence-corrected chi connectivity index (χ1v) is 14.0. The molecule has 1 heterocycles. The SMILES string of the molecule is COc1ccc(S(=O)(=O)N2CCCC(C(=O)NC3CCCC[C@H]3NC(=O)c3ccccc3C)C2)cc1. The van der Waals surface area contributed by atoms with Gasteiger partial charge in [0.05, 0.1) is 17.9 Å². The Bertz CT molecular complexity index is 1180. The zero-order valence-corrected chi connectivity index (χ0v) is 21.7. The van der Waals surface area contributed by atoms with E-state index in [-0.39, 0.29) is 35.3 Å². The van der Waals surface area contributed by atoms with Gasteiger partial charge in [-0.05, 0) is 68.5 Å². The van der Waals surface area contributed by atoms with E-state index in [9.17, 15) is 18.0 Å². The largest absolute Gasteiger partial charge is 0.497 e. The molecule has 4 rings (SSSR count). The summed E-state index contributed by atoms with van der Waals surface area (Å²) < 4.78 is 32.9. The number of benzene rings is 2. The minimum absolute atomic E-state index is 0.131. The van der Waals surface area contributed by atoms with Crippen LogP contribution in [0.25, 0.3) is 0 Å². The Morgan fingerprint density at radius 1 is 0.917 bits per heavy atom. The molecule has 2 N–H and O–H groups in total. The van der Waals surface area contributed by atoms with Gasteiger partial charge in [0.15, 0.2) is 0 Å². The molecule has 1 aliphatic carbocycles. The Balaban J connectivity index is 1.40. The molecule has 2 fully saturated rings. The molecule has 9 heteroatoms. The number of rotatable bonds is 7. The van der Waals surface area contributed by atoms with Gasteiger partial charge in [-0.3, -0.25) is 9.59 Å². The highest BCUT2D eigenvalue weighted by Gasteiger charge is 2.35. The van der Waals surface area contributed by atoms with Crippen molar-refractivity contribution in [3.8, 4) is 5.75 Å². The fraction of sp³-hybridized carbons (Fsp3) is 0.481. The smallest absolute Gasteiger partial charge is 0.251 e. The van der Waals surface area contributed by atoms with Gasteiger partial charge in [0.2, 0.25) is 15.9 Å². The Labute approximate surface area is 213 Å². The van der Waals surface area contributed by atoms with Crippen LogP contribution >= 0.6 is 0 Å². The van der Waals surface area contributed by atoms with Crippen LogP contribution in [-0.2, 0) is 14.8 Å². The molecule has 8 nitrogen and oxygen atoms in total. The summed E-state index contributed by atoms with van der Waals surface area (Å²) in [6, 6.07) is 13.4. The lowest BCUT2D eigenvalue weighted by molar-refractivity contribution is -0.127. The molecule has 2 aliphatic rings. The predicted molar refractivity (Wildman–Crippen MR) is 137 cm³/mol. The first-order valence-electron chi connectivity index (χ1n) is 12.6. The second-order valence-corrected chi connectivity index (χ2v) is 11.6. The molecule has 0 bridgehead atoms. The van der Waals surface area contributed by atoms with Gasteiger partial charge in [0, 0.05) is 30.7 Å². The quantitative estimate of drug-likeness (QED) is 0.591. The maximum atomic E-state index is 13.3. The number of carbonyl (C=O) groups excluding carboxylic acids is 2. The molecule has 1 aliphatic heterocycles. The third-order valence-corrected chi connectivity index (χ3v) is 9.13. The number of carbonyl (C=O) groups is 2. The summed E-state index contributed by atoms with van der Waals surface area (Å²) in [5, 5.41) is 6.27. The number of piperidine rings is 1. The van der Waals surface area contributed by atoms with Gasteiger partial charge in [-0.1, -0.05) is 31.0 Å². The Morgan fingerprint density at radius 3 is 2.25 bits per heavy atom. The molecule has 3 atom stereocenters. The van der Waals surface area contributed by atoms with Gasteiger partial charge < -0.3 is 15.4 Å². The van der Waals surface area contributed by atoms with Crippen molar-refractivity contribution in [2.75, 3.05) is 20.2 Å². The highest BCUT2D eigenvalue weighted by Crippen LogP contribution is 2.26. The van der Waals surface area contributed by atoms with Gasteiger partial charge >= 0.3 is 0 Å². The molecular formula is C27H35N3O5S. The van der Waals surface area contributed by atoms with Crippen LogP contribution in [-0.4, -0.2) is 56.8 Å². The minimum atomic E-state index is -3.71. The van der Waals surface area contributed by atoms with Crippen molar-refractivity contribution in [3.05, 3.63) is 59.7 Å². The number of aryl methyl sites for hydroxylation is 1. The number of amides is 2. The van der Waals surface area contributed by atoms with Gasteiger partial charge in [0.1, 0.15) is 5.75 Å². The molecule has 0 radical (unpaired) electrons. The van der Waals surface area contributed by atoms with Crippen LogP contribution in [0.2, 0.25) is 0 Å². The van der Waals surface area contributed by atoms with Crippen molar-refractivity contribution in [2.45, 2.75) is 62.4 Å². The van der Waals surface area contributed by atoms with Crippen LogP contribution in [0, 0.1) is 12.8 Å². The summed E-state index contributed by atoms with van der Waals surface area (Å²) in [5.41, 5.74) is 1.55. The Hall–Kier alpha value is -2.91. The first-order chi connectivity index (χ1) is 17.3. The van der Waals surface area contributed by atoms with Crippen LogP contribution in [0.1, 0.15) is 54.4 Å². The highest BCUT2D eigenvalue weighted by atomic mass is 32.2. The van der Waals surface area contributed by atoms with Gasteiger partial charge in [-0.15, -0.1) is 0 Å². The lowest BCUT2D eigenvalue weighted by Crippen LogP contribution is -2.55. The van der Waals surface area contributed by atoms with Crippen molar-refractivity contribution in [2.24, 2.45) is 5.92 Å². The lowest BCUT2D eigenvalue weighted by atomic mass is 9.89. The van der Waals surface area contributed by atoms with Crippen LogP contribution in [0.5, 0.6) is 5.75 Å². The van der Waals surface area contributed by atoms with Crippen molar-refractivity contribution in [1.29, 1.82) is 0 Å². The Morgan fingerprint density at radius 2 is 1.58 bits per heavy atom. The molecular weight excluding hydrogens is 478 g/mol. The topological polar surface area (TPSA) is 105 Å². The average molecular weight is 514 g/mol. The summed E-state index contributed by atoms with van der Waals surface area (Å²) in [7, 11) is -2.18. The fourth-order valence-corrected chi connectivity index (χ4v) is 6.65. The van der Waals surface area contributed by atoms with Gasteiger partial charge in [-0.25, -0.2) is 8.42 Å². The molecule has 194 valence electrons. The van der Waals surface area contributed by atoms with Crippen molar-refractivity contribution >= 4 is 21.8 Å². The van der Waals surface area contributed by atoms with E-state index in [1.165, 1.54) is 23.5 Å². The van der Waals surface area contributed by atoms with Crippen LogP contribution in [0.4, 0.5) is 0 Å². The summed E-state index contributed by atoms with van der Waals surface area (Å²) >= 11 is 0. The zero-order chi connectivity index (χ0) is 25.7. The van der Waals surface area contributed by atoms with E-state index < -0.39 is 15.9 Å². The molecule has 1 saturated heterocycles. The minimum Gasteiger partial charge on any atom is -0.497 e. The standard InChI is InChI=1S/C27H35N3O5S/c1-19-8-3-4-10-23(19)27(32)29-25-12-6-5-11-24(25)28-26(31)20-9-7-17-30(18-20)36(33,34)22-15-13-21(35-2)14-16-22/h3-4,8,10,13-16,20,24-25H,5-7,9,11-12,17-18H2,1-2H3,(H,28,31)(H,29,32)/t20?,24?,25-/m1/s1. The second kappa shape index (κ2) is 11.4. The molecule has 2 aromatic carbocycles. The van der Waals surface area contributed by atoms with Gasteiger partial charge in [-0.2, -0.15) is 4.31 Å². The normalized spacial score (nSPS) is 23.0. The molecule has 2 unspecified atom stereocenters. The van der Waals surface area contributed by atoms with Crippen molar-refractivity contribution in [3.63, 3.8) is 0 Å². The highest BCUT2D eigenvalue weighted by molar-refractivity contribution is 7.89. The van der Waals surface area contributed by atoms with Crippen molar-refractivity contribution < 1.29 is 22.7 Å². The molecule has 2 amide bonds. The van der Waals surface area contributed by atoms with E-state index in [0.717, 1.165) is 31.2 Å². The van der Waals surface area contributed by atoms with Crippen molar-refractivity contribution in [1.82, 2.24) is 14.9 Å². The third kappa shape index (κ3) is 5.90. The fourth-order valence-electron chi connectivity index (χ4n) is 5.12. The zero-order valence-electron chi connectivity index (χ0n) is 20.9. The van der Waals surface area contributed by atoms with Crippen LogP contribution in [0.3, 0.4) is 0 Å². The predicted octanol–water partition coefficient (Wildman–Crippen LogP) is 3.26. The second-order valence-electron chi connectivity index (χ2n) is 9.67. The van der Waals surface area contributed by atoms with E-state index in [1.54, 1.807) is 18.2 Å². The number of ether oxygens (including phenoxy) is 1. The van der Waals surface area contributed by atoms with Crippen LogP contribution < -0.4 is 15.4 Å². The van der Waals surface area contributed by atoms with E-state index in [4.69, 9.17) is 4.74 Å². The molecule has 1 saturated carbocycles. The number of methoxy groups -OCH3 is 1. The summed E-state index contributed by atoms with van der Waals surface area (Å²) in [6.45, 7) is 2.44. The summed E-state index contributed by atoms with van der Waals surface area (Å²) in [4.78, 5) is 26.3. The molecule has 36 heavy (non-hydrogen) atoms. The maximum Gasteiger partial charge on any atom is 0.251 e. The Kier molecular flexibility index (Phi) is 8.31. The number of sulfonamides is 1. The third-order valence-electron chi connectivity index (χ3n) is 7.25. The molecule has 0 spiro atoms. The molecule has 0 aromatic heterocycles. The number of nitrogens with zero attached hydrogens (tertiary/aromatic N) is 1. The van der Waals surface area contributed by atoms with E-state index >= 15 is 0 Å². The monoisotopic (exact) mass is 513 g/mol. The van der Waals surface area contributed by atoms with Crippen LogP contribution in [0.15, 0.2) is 53.4 Å². The van der Waals surface area contributed by atoms with E-state index in [1.807, 2.05) is 25.1 Å². The van der Waals surface area contributed by atoms with E-state index in [0.29, 0.717) is 30.7 Å². The summed E-state index contributed by atoms with van der Waals surface area (Å²) in [6.07, 6.45) is 4.79. The number of hydrogen-bond acceptors (Lipinski definition) is 5. The molecule has 2 aromatic rings. The summed E-state index contributed by atoms with van der Waals surface area (Å²) in [5.74, 6) is -0.122. The maximum absolute atomic E-state index is 13.3. The van der Waals surface area contributed by atoms with Gasteiger partial charge in [0.25, 0.3) is 5.91 Å².